The Balaban J connectivity index is 2.64. The number of nitrogens with two attached hydrogens (primary N) is 1. The van der Waals surface area contributed by atoms with Crippen LogP contribution in [-0.2, 0) is 9.63 Å². The Labute approximate surface area is 120 Å². The van der Waals surface area contributed by atoms with Gasteiger partial charge in [-0.1, -0.05) is 13.3 Å². The van der Waals surface area contributed by atoms with E-state index in [-0.39, 0.29) is 23.4 Å². The van der Waals surface area contributed by atoms with Crippen molar-refractivity contribution in [3.05, 3.63) is 23.8 Å². The monoisotopic (exact) mass is 302 g/mol. The number of carbonyl (C=O) groups is 2. The van der Waals surface area contributed by atoms with Gasteiger partial charge in [-0.3, -0.25) is 4.79 Å². The Bertz CT molecular complexity index is 509. The predicted molar refractivity (Wildman–Crippen MR) is 70.6 cm³/mol. The summed E-state index contributed by atoms with van der Waals surface area (Å²) in [6, 6.07) is 3.57. The maximum Gasteiger partial charge on any atom is 0.387 e. The highest BCUT2D eigenvalue weighted by atomic mass is 19.3. The molecule has 1 rings (SSSR count). The van der Waals surface area contributed by atoms with Crippen molar-refractivity contribution in [2.45, 2.75) is 32.8 Å². The second-order valence-corrected chi connectivity index (χ2v) is 4.14. The van der Waals surface area contributed by atoms with E-state index in [4.69, 9.17) is 5.73 Å². The maximum atomic E-state index is 12.2. The fraction of sp³-hybridized carbons (Fsp3) is 0.385. The van der Waals surface area contributed by atoms with E-state index in [1.54, 1.807) is 0 Å². The average Bonchev–Trinajstić information content (AvgIpc) is 2.44. The molecule has 1 aromatic carbocycles. The summed E-state index contributed by atoms with van der Waals surface area (Å²) in [5.41, 5.74) is 7.31. The minimum Gasteiger partial charge on any atom is -0.433 e. The van der Waals surface area contributed by atoms with Gasteiger partial charge < -0.3 is 15.3 Å². The highest BCUT2D eigenvalue weighted by molar-refractivity contribution is 5.95. The van der Waals surface area contributed by atoms with Crippen LogP contribution in [0.4, 0.5) is 14.5 Å². The first-order chi connectivity index (χ1) is 9.93. The zero-order chi connectivity index (χ0) is 15.8. The van der Waals surface area contributed by atoms with Gasteiger partial charge in [0.05, 0.1) is 5.69 Å². The molecule has 0 saturated carbocycles. The second kappa shape index (κ2) is 8.03. The first-order valence-electron chi connectivity index (χ1n) is 6.28. The van der Waals surface area contributed by atoms with Gasteiger partial charge in [0.15, 0.2) is 0 Å². The van der Waals surface area contributed by atoms with Crippen molar-refractivity contribution in [3.8, 4) is 5.75 Å². The summed E-state index contributed by atoms with van der Waals surface area (Å²) in [6.07, 6.45) is 1.64. The summed E-state index contributed by atoms with van der Waals surface area (Å²) < 4.78 is 28.5. The van der Waals surface area contributed by atoms with Gasteiger partial charge in [0.1, 0.15) is 5.75 Å². The van der Waals surface area contributed by atoms with E-state index in [1.165, 1.54) is 12.1 Å². The Morgan fingerprint density at radius 3 is 2.71 bits per heavy atom. The number of hydroxylamine groups is 1. The smallest absolute Gasteiger partial charge is 0.387 e. The van der Waals surface area contributed by atoms with Crippen LogP contribution in [0.1, 0.15) is 36.5 Å². The summed E-state index contributed by atoms with van der Waals surface area (Å²) in [5, 5.41) is 0. The lowest BCUT2D eigenvalue weighted by molar-refractivity contribution is -0.149. The SMILES string of the molecule is CCCCC(=O)ONC(=O)c1ccc(N)c(OC(F)F)c1. The van der Waals surface area contributed by atoms with E-state index < -0.39 is 18.5 Å². The van der Waals surface area contributed by atoms with Gasteiger partial charge in [-0.05, 0) is 24.6 Å². The van der Waals surface area contributed by atoms with Gasteiger partial charge in [0.2, 0.25) is 0 Å². The number of unbranched alkanes of at least 4 members (excludes halogenated alkanes) is 1. The standard InChI is InChI=1S/C13H16F2N2O4/c1-2-3-4-11(18)21-17-12(19)8-5-6-9(16)10(7-8)20-13(14)15/h5-7,13H,2-4,16H2,1H3,(H,17,19). The zero-order valence-corrected chi connectivity index (χ0v) is 11.4. The summed E-state index contributed by atoms with van der Waals surface area (Å²) in [4.78, 5) is 27.5. The molecule has 0 saturated heterocycles. The molecule has 0 spiro atoms. The van der Waals surface area contributed by atoms with Crippen LogP contribution in [0.25, 0.3) is 0 Å². The lowest BCUT2D eigenvalue weighted by atomic mass is 10.2. The van der Waals surface area contributed by atoms with Crippen molar-refractivity contribution < 1.29 is 27.9 Å². The summed E-state index contributed by atoms with van der Waals surface area (Å²) >= 11 is 0. The molecular formula is C13H16F2N2O4. The molecule has 3 N–H and O–H groups in total. The Kier molecular flexibility index (Phi) is 6.38. The van der Waals surface area contributed by atoms with E-state index in [9.17, 15) is 18.4 Å². The fourth-order valence-corrected chi connectivity index (χ4v) is 1.41. The van der Waals surface area contributed by atoms with Crippen LogP contribution in [0.2, 0.25) is 0 Å². The molecule has 1 amide bonds. The predicted octanol–water partition coefficient (Wildman–Crippen LogP) is 2.25. The average molecular weight is 302 g/mol. The van der Waals surface area contributed by atoms with Crippen LogP contribution < -0.4 is 16.0 Å². The van der Waals surface area contributed by atoms with Crippen LogP contribution in [0, 0.1) is 0 Å². The van der Waals surface area contributed by atoms with Crippen molar-refractivity contribution in [2.24, 2.45) is 0 Å². The summed E-state index contributed by atoms with van der Waals surface area (Å²) in [7, 11) is 0. The van der Waals surface area contributed by atoms with Gasteiger partial charge in [-0.25, -0.2) is 4.79 Å². The van der Waals surface area contributed by atoms with Crippen LogP contribution in [0.3, 0.4) is 0 Å². The van der Waals surface area contributed by atoms with Gasteiger partial charge in [0.25, 0.3) is 5.91 Å². The minimum atomic E-state index is -3.06. The number of nitrogen functional groups attached to an aromatic ring is 1. The number of nitrogens with one attached hydrogen (secondary N) is 1. The molecule has 0 aromatic heterocycles. The summed E-state index contributed by atoms with van der Waals surface area (Å²) in [6.45, 7) is -1.15. The Morgan fingerprint density at radius 2 is 2.10 bits per heavy atom. The largest absolute Gasteiger partial charge is 0.433 e. The third-order valence-corrected chi connectivity index (χ3v) is 2.48. The van der Waals surface area contributed by atoms with E-state index in [0.29, 0.717) is 6.42 Å². The molecule has 0 heterocycles. The van der Waals surface area contributed by atoms with Crippen LogP contribution in [0.15, 0.2) is 18.2 Å². The molecule has 1 aromatic rings. The first-order valence-corrected chi connectivity index (χ1v) is 6.28. The number of carbonyl (C=O) groups excluding carboxylic acids is 2. The van der Waals surface area contributed by atoms with Crippen LogP contribution in [-0.4, -0.2) is 18.5 Å². The van der Waals surface area contributed by atoms with Gasteiger partial charge in [-0.15, -0.1) is 0 Å². The molecular weight excluding hydrogens is 286 g/mol. The normalized spacial score (nSPS) is 10.3. The molecule has 0 radical (unpaired) electrons. The van der Waals surface area contributed by atoms with E-state index in [0.717, 1.165) is 12.5 Å². The Morgan fingerprint density at radius 1 is 1.38 bits per heavy atom. The van der Waals surface area contributed by atoms with Crippen molar-refractivity contribution in [1.82, 2.24) is 5.48 Å². The first kappa shape index (κ1) is 16.7. The lowest BCUT2D eigenvalue weighted by Crippen LogP contribution is -2.27. The van der Waals surface area contributed by atoms with Crippen molar-refractivity contribution in [1.29, 1.82) is 0 Å². The lowest BCUT2D eigenvalue weighted by Gasteiger charge is -2.10. The molecule has 8 heteroatoms. The maximum absolute atomic E-state index is 12.2. The van der Waals surface area contributed by atoms with E-state index in [1.807, 2.05) is 12.4 Å². The third-order valence-electron chi connectivity index (χ3n) is 2.48. The van der Waals surface area contributed by atoms with Crippen molar-refractivity contribution in [2.75, 3.05) is 5.73 Å². The molecule has 116 valence electrons. The molecule has 0 unspecified atom stereocenters. The molecule has 0 atom stereocenters. The topological polar surface area (TPSA) is 90.7 Å². The number of amides is 1. The van der Waals surface area contributed by atoms with Crippen molar-refractivity contribution >= 4 is 17.6 Å². The number of hydrogen-bond acceptors (Lipinski definition) is 5. The second-order valence-electron chi connectivity index (χ2n) is 4.14. The van der Waals surface area contributed by atoms with Gasteiger partial charge in [-0.2, -0.15) is 14.3 Å². The fourth-order valence-electron chi connectivity index (χ4n) is 1.41. The number of anilines is 1. The van der Waals surface area contributed by atoms with Crippen molar-refractivity contribution in [3.63, 3.8) is 0 Å². The number of alkyl halides is 2. The number of rotatable bonds is 6. The minimum absolute atomic E-state index is 0.0249. The van der Waals surface area contributed by atoms with Gasteiger partial charge in [0, 0.05) is 12.0 Å². The highest BCUT2D eigenvalue weighted by Crippen LogP contribution is 2.24. The van der Waals surface area contributed by atoms with Gasteiger partial charge >= 0.3 is 12.6 Å². The van der Waals surface area contributed by atoms with E-state index in [2.05, 4.69) is 9.57 Å². The number of ether oxygens (including phenoxy) is 1. The summed E-state index contributed by atoms with van der Waals surface area (Å²) in [5.74, 6) is -1.67. The molecule has 21 heavy (non-hydrogen) atoms. The third kappa shape index (κ3) is 5.64. The highest BCUT2D eigenvalue weighted by Gasteiger charge is 2.14. The van der Waals surface area contributed by atoms with Crippen LogP contribution in [0.5, 0.6) is 5.75 Å². The molecule has 0 aliphatic carbocycles. The van der Waals surface area contributed by atoms with Crippen LogP contribution >= 0.6 is 0 Å². The molecule has 6 nitrogen and oxygen atoms in total. The zero-order valence-electron chi connectivity index (χ0n) is 11.4. The molecule has 0 fully saturated rings. The quantitative estimate of drug-likeness (QED) is 0.621. The molecule has 0 aliphatic heterocycles. The van der Waals surface area contributed by atoms with E-state index >= 15 is 0 Å². The number of benzene rings is 1. The molecule has 0 aliphatic rings. The Hall–Kier alpha value is -2.38. The number of halogens is 2. The molecule has 0 bridgehead atoms. The number of hydrogen-bond donors (Lipinski definition) is 2.